The van der Waals surface area contributed by atoms with Crippen molar-refractivity contribution >= 4 is 18.1 Å². The summed E-state index contributed by atoms with van der Waals surface area (Å²) in [5.74, 6) is -0.376. The molecule has 0 heterocycles. The van der Waals surface area contributed by atoms with Crippen molar-refractivity contribution < 1.29 is 24.2 Å². The minimum Gasteiger partial charge on any atom is -0.507 e. The number of nitrogens with one attached hydrogen (secondary N) is 1. The zero-order chi connectivity index (χ0) is 21.3. The summed E-state index contributed by atoms with van der Waals surface area (Å²) >= 11 is 0. The number of benzene rings is 3. The normalized spacial score (nSPS) is 10.6. The van der Waals surface area contributed by atoms with Crippen LogP contribution >= 0.6 is 0 Å². The van der Waals surface area contributed by atoms with Gasteiger partial charge < -0.3 is 14.6 Å². The van der Waals surface area contributed by atoms with E-state index in [1.54, 1.807) is 48.5 Å². The highest BCUT2D eigenvalue weighted by Gasteiger charge is 2.08. The molecule has 7 nitrogen and oxygen atoms in total. The first kappa shape index (κ1) is 20.6. The molecule has 30 heavy (non-hydrogen) atoms. The molecular formula is C23H20N2O5. The Morgan fingerprint density at radius 2 is 1.80 bits per heavy atom. The number of amides is 1. The molecule has 0 aliphatic carbocycles. The number of carbonyl (C=O) groups is 2. The number of hydrogen-bond acceptors (Lipinski definition) is 6. The number of rotatable bonds is 7. The third-order valence-electron chi connectivity index (χ3n) is 4.17. The molecule has 3 rings (SSSR count). The minimum atomic E-state index is -0.507. The highest BCUT2D eigenvalue weighted by molar-refractivity contribution is 5.97. The minimum absolute atomic E-state index is 0.111. The summed E-state index contributed by atoms with van der Waals surface area (Å²) in [6.07, 6.45) is 1.48. The molecular weight excluding hydrogens is 384 g/mol. The molecule has 152 valence electrons. The monoisotopic (exact) mass is 404 g/mol. The quantitative estimate of drug-likeness (QED) is 0.357. The summed E-state index contributed by atoms with van der Waals surface area (Å²) in [6, 6.07) is 20.4. The highest BCUT2D eigenvalue weighted by atomic mass is 16.5. The van der Waals surface area contributed by atoms with Crippen molar-refractivity contribution in [2.75, 3.05) is 7.11 Å². The van der Waals surface area contributed by atoms with Gasteiger partial charge >= 0.3 is 5.97 Å². The molecule has 3 aromatic carbocycles. The fraction of sp³-hybridized carbons (Fsp3) is 0.0870. The van der Waals surface area contributed by atoms with E-state index in [0.29, 0.717) is 17.9 Å². The number of nitrogens with zero attached hydrogens (tertiary/aromatic N) is 1. The van der Waals surface area contributed by atoms with Crippen LogP contribution in [0.4, 0.5) is 0 Å². The molecule has 0 fully saturated rings. The summed E-state index contributed by atoms with van der Waals surface area (Å²) in [4.78, 5) is 23.5. The Bertz CT molecular complexity index is 1060. The van der Waals surface area contributed by atoms with Crippen LogP contribution in [-0.4, -0.2) is 30.3 Å². The van der Waals surface area contributed by atoms with E-state index in [4.69, 9.17) is 4.74 Å². The molecule has 7 heteroatoms. The lowest BCUT2D eigenvalue weighted by Crippen LogP contribution is -2.17. The molecule has 0 saturated carbocycles. The number of methoxy groups -OCH3 is 1. The van der Waals surface area contributed by atoms with E-state index in [-0.39, 0.29) is 17.3 Å². The predicted molar refractivity (Wildman–Crippen MR) is 112 cm³/mol. The van der Waals surface area contributed by atoms with Gasteiger partial charge in [0.25, 0.3) is 5.91 Å². The number of aromatic hydroxyl groups is 1. The topological polar surface area (TPSA) is 97.2 Å². The van der Waals surface area contributed by atoms with Gasteiger partial charge in [-0.25, -0.2) is 10.2 Å². The van der Waals surface area contributed by atoms with Crippen LogP contribution in [0, 0.1) is 0 Å². The number of esters is 1. The number of para-hydroxylation sites is 1. The number of hydrazone groups is 1. The first-order valence-electron chi connectivity index (χ1n) is 9.08. The number of ether oxygens (including phenoxy) is 2. The second-order valence-corrected chi connectivity index (χ2v) is 6.27. The summed E-state index contributed by atoms with van der Waals surface area (Å²) in [7, 11) is 1.34. The van der Waals surface area contributed by atoms with Crippen molar-refractivity contribution in [1.29, 1.82) is 0 Å². The van der Waals surface area contributed by atoms with Crippen molar-refractivity contribution in [2.45, 2.75) is 6.61 Å². The van der Waals surface area contributed by atoms with E-state index < -0.39 is 5.91 Å². The zero-order valence-electron chi connectivity index (χ0n) is 16.2. The maximum absolute atomic E-state index is 12.0. The summed E-state index contributed by atoms with van der Waals surface area (Å²) in [5.41, 5.74) is 4.62. The first-order chi connectivity index (χ1) is 14.6. The second-order valence-electron chi connectivity index (χ2n) is 6.27. The molecule has 0 atom stereocenters. The molecule has 0 spiro atoms. The Morgan fingerprint density at radius 3 is 2.53 bits per heavy atom. The van der Waals surface area contributed by atoms with Gasteiger partial charge in [0.05, 0.1) is 24.5 Å². The van der Waals surface area contributed by atoms with E-state index in [2.05, 4.69) is 15.3 Å². The first-order valence-corrected chi connectivity index (χ1v) is 9.08. The molecule has 0 aromatic heterocycles. The lowest BCUT2D eigenvalue weighted by molar-refractivity contribution is 0.0600. The van der Waals surface area contributed by atoms with Crippen LogP contribution in [0.5, 0.6) is 11.5 Å². The molecule has 3 aromatic rings. The number of carbonyl (C=O) groups excluding carboxylic acids is 2. The predicted octanol–water partition coefficient (Wildman–Crippen LogP) is 3.52. The summed E-state index contributed by atoms with van der Waals surface area (Å²) in [6.45, 7) is 0.325. The number of phenolic OH excluding ortho intramolecular Hbond substituents is 1. The van der Waals surface area contributed by atoms with Crippen molar-refractivity contribution in [3.05, 3.63) is 95.1 Å². The van der Waals surface area contributed by atoms with Gasteiger partial charge in [0.2, 0.25) is 0 Å². The molecule has 0 radical (unpaired) electrons. The van der Waals surface area contributed by atoms with Crippen molar-refractivity contribution in [3.63, 3.8) is 0 Å². The van der Waals surface area contributed by atoms with Gasteiger partial charge in [-0.2, -0.15) is 5.10 Å². The molecule has 0 bridgehead atoms. The van der Waals surface area contributed by atoms with Crippen LogP contribution in [0.2, 0.25) is 0 Å². The lowest BCUT2D eigenvalue weighted by Gasteiger charge is -2.07. The smallest absolute Gasteiger partial charge is 0.337 e. The van der Waals surface area contributed by atoms with Gasteiger partial charge in [0.15, 0.2) is 0 Å². The van der Waals surface area contributed by atoms with E-state index in [1.807, 2.05) is 12.1 Å². The molecule has 0 aliphatic heterocycles. The van der Waals surface area contributed by atoms with E-state index in [1.165, 1.54) is 25.5 Å². The fourth-order valence-corrected chi connectivity index (χ4v) is 2.60. The Labute approximate surface area is 173 Å². The van der Waals surface area contributed by atoms with Crippen LogP contribution in [0.3, 0.4) is 0 Å². The van der Waals surface area contributed by atoms with E-state index in [9.17, 15) is 14.7 Å². The Morgan fingerprint density at radius 1 is 1.03 bits per heavy atom. The number of hydrogen-bond donors (Lipinski definition) is 2. The maximum Gasteiger partial charge on any atom is 0.337 e. The third kappa shape index (κ3) is 5.45. The van der Waals surface area contributed by atoms with Gasteiger partial charge in [-0.3, -0.25) is 4.79 Å². The van der Waals surface area contributed by atoms with Crippen molar-refractivity contribution in [1.82, 2.24) is 5.43 Å². The lowest BCUT2D eigenvalue weighted by atomic mass is 10.1. The SMILES string of the molecule is COC(=O)c1ccc(COc2cccc(C=NNC(=O)c3ccccc3O)c2)cc1. The van der Waals surface area contributed by atoms with Crippen LogP contribution in [-0.2, 0) is 11.3 Å². The molecule has 1 amide bonds. The molecule has 0 unspecified atom stereocenters. The second kappa shape index (κ2) is 9.88. The van der Waals surface area contributed by atoms with Crippen LogP contribution < -0.4 is 10.2 Å². The maximum atomic E-state index is 12.0. The standard InChI is InChI=1S/C23H20N2O5/c1-29-23(28)18-11-9-16(10-12-18)15-30-19-6-4-5-17(13-19)14-24-25-22(27)20-7-2-3-8-21(20)26/h2-14,26H,15H2,1H3,(H,25,27). The highest BCUT2D eigenvalue weighted by Crippen LogP contribution is 2.16. The van der Waals surface area contributed by atoms with Crippen LogP contribution in [0.15, 0.2) is 77.9 Å². The van der Waals surface area contributed by atoms with Crippen LogP contribution in [0.1, 0.15) is 31.8 Å². The Hall–Kier alpha value is -4.13. The third-order valence-corrected chi connectivity index (χ3v) is 4.17. The van der Waals surface area contributed by atoms with Crippen molar-refractivity contribution in [2.24, 2.45) is 5.10 Å². The van der Waals surface area contributed by atoms with E-state index in [0.717, 1.165) is 11.1 Å². The Kier molecular flexibility index (Phi) is 6.78. The molecule has 0 saturated heterocycles. The van der Waals surface area contributed by atoms with Gasteiger partial charge in [0, 0.05) is 0 Å². The van der Waals surface area contributed by atoms with Gasteiger partial charge in [-0.1, -0.05) is 36.4 Å². The van der Waals surface area contributed by atoms with Crippen molar-refractivity contribution in [3.8, 4) is 11.5 Å². The summed E-state index contributed by atoms with van der Waals surface area (Å²) in [5, 5.41) is 13.6. The molecule has 2 N–H and O–H groups in total. The number of phenols is 1. The average Bonchev–Trinajstić information content (AvgIpc) is 2.78. The van der Waals surface area contributed by atoms with Gasteiger partial charge in [-0.15, -0.1) is 0 Å². The largest absolute Gasteiger partial charge is 0.507 e. The van der Waals surface area contributed by atoms with Gasteiger partial charge in [-0.05, 0) is 47.5 Å². The average molecular weight is 404 g/mol. The Balaban J connectivity index is 1.56. The molecule has 0 aliphatic rings. The van der Waals surface area contributed by atoms with Gasteiger partial charge in [0.1, 0.15) is 18.1 Å². The fourth-order valence-electron chi connectivity index (χ4n) is 2.60. The summed E-state index contributed by atoms with van der Waals surface area (Å²) < 4.78 is 10.4. The van der Waals surface area contributed by atoms with Crippen LogP contribution in [0.25, 0.3) is 0 Å². The van der Waals surface area contributed by atoms with E-state index >= 15 is 0 Å². The zero-order valence-corrected chi connectivity index (χ0v) is 16.2.